The highest BCUT2D eigenvalue weighted by Gasteiger charge is 2.10. The molecule has 1 heterocycles. The van der Waals surface area contributed by atoms with Crippen LogP contribution in [0.4, 0.5) is 10.8 Å². The van der Waals surface area contributed by atoms with E-state index in [0.717, 1.165) is 11.4 Å². The fraction of sp³-hybridized carbons (Fsp3) is 0.150. The summed E-state index contributed by atoms with van der Waals surface area (Å²) in [5.41, 5.74) is 1.96. The lowest BCUT2D eigenvalue weighted by Gasteiger charge is -2.05. The Labute approximate surface area is 171 Å². The van der Waals surface area contributed by atoms with Gasteiger partial charge in [-0.1, -0.05) is 11.6 Å². The van der Waals surface area contributed by atoms with Crippen molar-refractivity contribution in [2.75, 3.05) is 17.7 Å². The zero-order valence-corrected chi connectivity index (χ0v) is 16.6. The number of rotatable bonds is 7. The van der Waals surface area contributed by atoms with Gasteiger partial charge in [0.15, 0.2) is 5.13 Å². The lowest BCUT2D eigenvalue weighted by Crippen LogP contribution is -2.13. The number of hydrogen-bond acceptors (Lipinski definition) is 5. The van der Waals surface area contributed by atoms with E-state index in [9.17, 15) is 9.59 Å². The average Bonchev–Trinajstić information content (AvgIpc) is 3.15. The fourth-order valence-corrected chi connectivity index (χ4v) is 3.25. The van der Waals surface area contributed by atoms with E-state index in [-0.39, 0.29) is 11.8 Å². The minimum absolute atomic E-state index is 0.107. The summed E-state index contributed by atoms with van der Waals surface area (Å²) in [5, 5.41) is 8.47. The van der Waals surface area contributed by atoms with E-state index in [4.69, 9.17) is 16.3 Å². The maximum atomic E-state index is 12.2. The van der Waals surface area contributed by atoms with Crippen molar-refractivity contribution in [3.8, 4) is 5.75 Å². The first-order chi connectivity index (χ1) is 13.5. The summed E-state index contributed by atoms with van der Waals surface area (Å²) in [4.78, 5) is 28.6. The summed E-state index contributed by atoms with van der Waals surface area (Å²) in [7, 11) is 1.59. The van der Waals surface area contributed by atoms with Gasteiger partial charge in [-0.05, 0) is 55.0 Å². The maximum Gasteiger partial charge on any atom is 0.257 e. The highest BCUT2D eigenvalue weighted by atomic mass is 35.5. The molecule has 6 nitrogen and oxygen atoms in total. The van der Waals surface area contributed by atoms with Crippen LogP contribution in [-0.4, -0.2) is 23.9 Å². The van der Waals surface area contributed by atoms with E-state index in [1.54, 1.807) is 55.6 Å². The van der Waals surface area contributed by atoms with Crippen molar-refractivity contribution in [1.29, 1.82) is 0 Å². The van der Waals surface area contributed by atoms with Gasteiger partial charge in [-0.25, -0.2) is 4.98 Å². The molecule has 2 N–H and O–H groups in total. The van der Waals surface area contributed by atoms with Gasteiger partial charge in [0.05, 0.1) is 12.8 Å². The van der Waals surface area contributed by atoms with Crippen LogP contribution >= 0.6 is 22.9 Å². The number of hydrogen-bond donors (Lipinski definition) is 2. The third kappa shape index (κ3) is 5.55. The van der Waals surface area contributed by atoms with Crippen LogP contribution in [0.3, 0.4) is 0 Å². The lowest BCUT2D eigenvalue weighted by molar-refractivity contribution is -0.116. The molecule has 0 fully saturated rings. The molecular formula is C20H18ClN3O3S. The minimum Gasteiger partial charge on any atom is -0.497 e. The van der Waals surface area contributed by atoms with Crippen LogP contribution in [0.5, 0.6) is 5.75 Å². The number of ether oxygens (including phenoxy) is 1. The molecule has 0 aliphatic heterocycles. The Kier molecular flexibility index (Phi) is 6.62. The molecule has 0 unspecified atom stereocenters. The van der Waals surface area contributed by atoms with E-state index < -0.39 is 0 Å². The van der Waals surface area contributed by atoms with Crippen LogP contribution in [0.25, 0.3) is 0 Å². The number of benzene rings is 2. The Morgan fingerprint density at radius 1 is 1.07 bits per heavy atom. The zero-order chi connectivity index (χ0) is 19.9. The van der Waals surface area contributed by atoms with Crippen molar-refractivity contribution in [2.45, 2.75) is 12.8 Å². The van der Waals surface area contributed by atoms with Gasteiger partial charge < -0.3 is 10.1 Å². The molecule has 1 aromatic heterocycles. The number of anilines is 2. The van der Waals surface area contributed by atoms with Gasteiger partial charge in [0.25, 0.3) is 5.91 Å². The van der Waals surface area contributed by atoms with Gasteiger partial charge in [0, 0.05) is 28.1 Å². The second kappa shape index (κ2) is 9.34. The smallest absolute Gasteiger partial charge is 0.257 e. The van der Waals surface area contributed by atoms with E-state index in [1.165, 1.54) is 11.3 Å². The zero-order valence-electron chi connectivity index (χ0n) is 15.1. The molecule has 0 radical (unpaired) electrons. The molecule has 8 heteroatoms. The number of nitrogens with one attached hydrogen (secondary N) is 2. The van der Waals surface area contributed by atoms with E-state index in [2.05, 4.69) is 15.6 Å². The van der Waals surface area contributed by atoms with E-state index in [0.29, 0.717) is 34.2 Å². The fourth-order valence-electron chi connectivity index (χ4n) is 2.39. The van der Waals surface area contributed by atoms with Gasteiger partial charge in [0.1, 0.15) is 5.75 Å². The van der Waals surface area contributed by atoms with Gasteiger partial charge in [-0.15, -0.1) is 11.3 Å². The molecular weight excluding hydrogens is 398 g/mol. The monoisotopic (exact) mass is 415 g/mol. The normalized spacial score (nSPS) is 10.4. The van der Waals surface area contributed by atoms with Crippen LogP contribution in [0.1, 0.15) is 22.5 Å². The van der Waals surface area contributed by atoms with Gasteiger partial charge in [-0.2, -0.15) is 0 Å². The number of amides is 2. The SMILES string of the molecule is COc1ccc(NC(=O)CCc2csc(NC(=O)c3ccc(Cl)cc3)n2)cc1. The number of thiazole rings is 1. The highest BCUT2D eigenvalue weighted by Crippen LogP contribution is 2.19. The number of halogens is 1. The molecule has 3 aromatic rings. The third-order valence-corrected chi connectivity index (χ3v) is 4.92. The Morgan fingerprint density at radius 2 is 1.79 bits per heavy atom. The predicted molar refractivity (Wildman–Crippen MR) is 111 cm³/mol. The molecule has 0 saturated carbocycles. The van der Waals surface area contributed by atoms with Crippen molar-refractivity contribution in [2.24, 2.45) is 0 Å². The van der Waals surface area contributed by atoms with Gasteiger partial charge >= 0.3 is 0 Å². The molecule has 3 rings (SSSR count). The van der Waals surface area contributed by atoms with Gasteiger partial charge in [0.2, 0.25) is 5.91 Å². The summed E-state index contributed by atoms with van der Waals surface area (Å²) in [6.45, 7) is 0. The Bertz CT molecular complexity index is 956. The van der Waals surface area contributed by atoms with Crippen LogP contribution in [0.15, 0.2) is 53.9 Å². The van der Waals surface area contributed by atoms with Crippen LogP contribution in [0.2, 0.25) is 5.02 Å². The number of methoxy groups -OCH3 is 1. The van der Waals surface area contributed by atoms with Crippen molar-refractivity contribution in [1.82, 2.24) is 4.98 Å². The first kappa shape index (κ1) is 19.9. The van der Waals surface area contributed by atoms with Crippen LogP contribution in [-0.2, 0) is 11.2 Å². The van der Waals surface area contributed by atoms with Crippen LogP contribution in [0, 0.1) is 0 Å². The Balaban J connectivity index is 1.49. The standard InChI is InChI=1S/C20H18ClN3O3S/c1-27-17-9-6-15(7-10-17)22-18(25)11-8-16-12-28-20(23-16)24-19(26)13-2-4-14(21)5-3-13/h2-7,9-10,12H,8,11H2,1H3,(H,22,25)(H,23,24,26). The minimum atomic E-state index is -0.255. The predicted octanol–water partition coefficient (Wildman–Crippen LogP) is 4.63. The second-order valence-corrected chi connectivity index (χ2v) is 7.18. The average molecular weight is 416 g/mol. The lowest BCUT2D eigenvalue weighted by atomic mass is 10.2. The topological polar surface area (TPSA) is 80.3 Å². The molecule has 0 atom stereocenters. The molecule has 2 aromatic carbocycles. The largest absolute Gasteiger partial charge is 0.497 e. The Morgan fingerprint density at radius 3 is 2.46 bits per heavy atom. The van der Waals surface area contributed by atoms with Crippen molar-refractivity contribution in [3.05, 3.63) is 70.2 Å². The summed E-state index contributed by atoms with van der Waals surface area (Å²) in [6, 6.07) is 13.7. The first-order valence-electron chi connectivity index (χ1n) is 8.49. The number of aryl methyl sites for hydroxylation is 1. The maximum absolute atomic E-state index is 12.2. The molecule has 0 aliphatic carbocycles. The molecule has 2 amide bonds. The molecule has 0 bridgehead atoms. The summed E-state index contributed by atoms with van der Waals surface area (Å²) < 4.78 is 5.09. The third-order valence-electron chi connectivity index (χ3n) is 3.86. The molecule has 0 aliphatic rings. The molecule has 0 saturated heterocycles. The van der Waals surface area contributed by atoms with E-state index in [1.807, 2.05) is 5.38 Å². The summed E-state index contributed by atoms with van der Waals surface area (Å²) >= 11 is 7.15. The Hall–Kier alpha value is -2.90. The van der Waals surface area contributed by atoms with Crippen molar-refractivity contribution < 1.29 is 14.3 Å². The van der Waals surface area contributed by atoms with Gasteiger partial charge in [-0.3, -0.25) is 14.9 Å². The summed E-state index contributed by atoms with van der Waals surface area (Å²) in [5.74, 6) is 0.369. The summed E-state index contributed by atoms with van der Waals surface area (Å²) in [6.07, 6.45) is 0.773. The number of aromatic nitrogens is 1. The highest BCUT2D eigenvalue weighted by molar-refractivity contribution is 7.14. The van der Waals surface area contributed by atoms with Crippen LogP contribution < -0.4 is 15.4 Å². The molecule has 144 valence electrons. The number of nitrogens with zero attached hydrogens (tertiary/aromatic N) is 1. The molecule has 28 heavy (non-hydrogen) atoms. The number of carbonyl (C=O) groups excluding carboxylic acids is 2. The first-order valence-corrected chi connectivity index (χ1v) is 9.74. The van der Waals surface area contributed by atoms with E-state index >= 15 is 0 Å². The van der Waals surface area contributed by atoms with Crippen molar-refractivity contribution in [3.63, 3.8) is 0 Å². The quantitative estimate of drug-likeness (QED) is 0.589. The number of carbonyl (C=O) groups is 2. The molecule has 0 spiro atoms. The second-order valence-electron chi connectivity index (χ2n) is 5.88. The van der Waals surface area contributed by atoms with Crippen molar-refractivity contribution >= 4 is 45.6 Å².